The summed E-state index contributed by atoms with van der Waals surface area (Å²) in [6, 6.07) is 8.02. The van der Waals surface area contributed by atoms with Crippen LogP contribution in [0.25, 0.3) is 0 Å². The average molecular weight is 321 g/mol. The molecule has 0 radical (unpaired) electrons. The summed E-state index contributed by atoms with van der Waals surface area (Å²) in [7, 11) is 0. The van der Waals surface area contributed by atoms with Crippen molar-refractivity contribution in [2.45, 2.75) is 44.6 Å². The molecular formula is C16H23N3O2S. The highest BCUT2D eigenvalue weighted by Crippen LogP contribution is 2.18. The molecule has 1 aromatic rings. The lowest BCUT2D eigenvalue weighted by atomic mass is 10.0. The summed E-state index contributed by atoms with van der Waals surface area (Å²) in [4.78, 5) is 23.4. The fourth-order valence-electron chi connectivity index (χ4n) is 2.24. The summed E-state index contributed by atoms with van der Waals surface area (Å²) in [6.45, 7) is 6.23. The molecule has 0 spiro atoms. The zero-order chi connectivity index (χ0) is 16.1. The lowest BCUT2D eigenvalue weighted by Crippen LogP contribution is -2.53. The summed E-state index contributed by atoms with van der Waals surface area (Å²) in [6.07, 6.45) is 0.478. The Kier molecular flexibility index (Phi) is 5.85. The summed E-state index contributed by atoms with van der Waals surface area (Å²) >= 11 is 1.39. The van der Waals surface area contributed by atoms with Crippen LogP contribution in [0.4, 0.5) is 5.69 Å². The molecule has 2 amide bonds. The number of hydrogen-bond donors (Lipinski definition) is 3. The van der Waals surface area contributed by atoms with E-state index >= 15 is 0 Å². The van der Waals surface area contributed by atoms with Crippen molar-refractivity contribution >= 4 is 29.3 Å². The van der Waals surface area contributed by atoms with Crippen molar-refractivity contribution in [1.82, 2.24) is 10.6 Å². The number of anilines is 1. The molecule has 120 valence electrons. The van der Waals surface area contributed by atoms with Crippen molar-refractivity contribution in [3.63, 3.8) is 0 Å². The van der Waals surface area contributed by atoms with E-state index in [1.165, 1.54) is 17.3 Å². The first-order valence-electron chi connectivity index (χ1n) is 7.51. The second-order valence-corrected chi connectivity index (χ2v) is 6.95. The highest BCUT2D eigenvalue weighted by molar-refractivity contribution is 8.00. The van der Waals surface area contributed by atoms with E-state index in [-0.39, 0.29) is 29.1 Å². The SMILES string of the molecule is CC1CC(=O)NC(SCC(=O)Nc2ccc(C(C)C)cc2)N1. The van der Waals surface area contributed by atoms with Gasteiger partial charge in [-0.05, 0) is 30.5 Å². The highest BCUT2D eigenvalue weighted by atomic mass is 32.2. The molecule has 1 aliphatic rings. The first kappa shape index (κ1) is 16.8. The van der Waals surface area contributed by atoms with E-state index in [2.05, 4.69) is 29.8 Å². The van der Waals surface area contributed by atoms with Gasteiger partial charge in [0.15, 0.2) is 0 Å². The standard InChI is InChI=1S/C16H23N3O2S/c1-10(2)12-4-6-13(7-5-12)18-15(21)9-22-16-17-11(3)8-14(20)19-16/h4-7,10-11,16-17H,8-9H2,1-3H3,(H,18,21)(H,19,20). The van der Waals surface area contributed by atoms with Crippen molar-refractivity contribution in [1.29, 1.82) is 0 Å². The van der Waals surface area contributed by atoms with Gasteiger partial charge in [-0.25, -0.2) is 0 Å². The van der Waals surface area contributed by atoms with Crippen molar-refractivity contribution in [2.24, 2.45) is 0 Å². The van der Waals surface area contributed by atoms with Gasteiger partial charge in [-0.2, -0.15) is 0 Å². The molecule has 2 unspecified atom stereocenters. The molecule has 2 rings (SSSR count). The van der Waals surface area contributed by atoms with Gasteiger partial charge in [0, 0.05) is 18.2 Å². The van der Waals surface area contributed by atoms with Crippen molar-refractivity contribution < 1.29 is 9.59 Å². The second-order valence-electron chi connectivity index (χ2n) is 5.86. The van der Waals surface area contributed by atoms with Crippen LogP contribution in [-0.4, -0.2) is 29.1 Å². The number of benzene rings is 1. The molecule has 1 aliphatic heterocycles. The van der Waals surface area contributed by atoms with Crippen LogP contribution in [0.1, 0.15) is 38.7 Å². The van der Waals surface area contributed by atoms with Crippen LogP contribution < -0.4 is 16.0 Å². The summed E-state index contributed by atoms with van der Waals surface area (Å²) in [5, 5.41) is 8.93. The Morgan fingerprint density at radius 2 is 2.05 bits per heavy atom. The van der Waals surface area contributed by atoms with Gasteiger partial charge in [-0.3, -0.25) is 14.9 Å². The van der Waals surface area contributed by atoms with Gasteiger partial charge in [0.25, 0.3) is 0 Å². The fourth-order valence-corrected chi connectivity index (χ4v) is 3.17. The molecule has 0 aromatic heterocycles. The van der Waals surface area contributed by atoms with Crippen LogP contribution >= 0.6 is 11.8 Å². The average Bonchev–Trinajstić information content (AvgIpc) is 2.45. The fraction of sp³-hybridized carbons (Fsp3) is 0.500. The number of rotatable bonds is 5. The zero-order valence-electron chi connectivity index (χ0n) is 13.2. The van der Waals surface area contributed by atoms with Crippen LogP contribution in [0.3, 0.4) is 0 Å². The number of amides is 2. The molecule has 1 aromatic carbocycles. The normalized spacial score (nSPS) is 21.5. The number of carbonyl (C=O) groups is 2. The Morgan fingerprint density at radius 3 is 2.64 bits per heavy atom. The first-order valence-corrected chi connectivity index (χ1v) is 8.55. The molecule has 0 saturated carbocycles. The summed E-state index contributed by atoms with van der Waals surface area (Å²) in [5.41, 5.74) is 1.84. The van der Waals surface area contributed by atoms with E-state index in [0.717, 1.165) is 5.69 Å². The van der Waals surface area contributed by atoms with E-state index in [1.807, 2.05) is 31.2 Å². The van der Waals surface area contributed by atoms with Gasteiger partial charge in [0.1, 0.15) is 5.50 Å². The van der Waals surface area contributed by atoms with Crippen LogP contribution in [0.5, 0.6) is 0 Å². The van der Waals surface area contributed by atoms with Crippen LogP contribution in [0.15, 0.2) is 24.3 Å². The van der Waals surface area contributed by atoms with Gasteiger partial charge < -0.3 is 10.6 Å². The smallest absolute Gasteiger partial charge is 0.234 e. The molecule has 1 heterocycles. The van der Waals surface area contributed by atoms with Gasteiger partial charge in [-0.15, -0.1) is 11.8 Å². The number of nitrogens with one attached hydrogen (secondary N) is 3. The van der Waals surface area contributed by atoms with Crippen molar-refractivity contribution in [2.75, 3.05) is 11.1 Å². The maximum atomic E-state index is 12.0. The number of thioether (sulfide) groups is 1. The monoisotopic (exact) mass is 321 g/mol. The highest BCUT2D eigenvalue weighted by Gasteiger charge is 2.23. The molecule has 1 saturated heterocycles. The van der Waals surface area contributed by atoms with Crippen molar-refractivity contribution in [3.8, 4) is 0 Å². The predicted octanol–water partition coefficient (Wildman–Crippen LogP) is 2.26. The predicted molar refractivity (Wildman–Crippen MR) is 90.8 cm³/mol. The quantitative estimate of drug-likeness (QED) is 0.778. The Bertz CT molecular complexity index is 531. The number of hydrogen-bond acceptors (Lipinski definition) is 4. The van der Waals surface area contributed by atoms with E-state index < -0.39 is 0 Å². The van der Waals surface area contributed by atoms with Crippen molar-refractivity contribution in [3.05, 3.63) is 29.8 Å². The molecule has 1 fully saturated rings. The first-order chi connectivity index (χ1) is 10.4. The Balaban J connectivity index is 1.79. The molecule has 22 heavy (non-hydrogen) atoms. The van der Waals surface area contributed by atoms with E-state index in [4.69, 9.17) is 0 Å². The molecule has 5 nitrogen and oxygen atoms in total. The molecule has 0 aliphatic carbocycles. The van der Waals surface area contributed by atoms with E-state index in [1.54, 1.807) is 0 Å². The van der Waals surface area contributed by atoms with Crippen LogP contribution in [0, 0.1) is 0 Å². The second kappa shape index (κ2) is 7.65. The summed E-state index contributed by atoms with van der Waals surface area (Å²) < 4.78 is 0. The molecule has 6 heteroatoms. The summed E-state index contributed by atoms with van der Waals surface area (Å²) in [5.74, 6) is 0.713. The lowest BCUT2D eigenvalue weighted by molar-refractivity contribution is -0.123. The topological polar surface area (TPSA) is 70.2 Å². The van der Waals surface area contributed by atoms with E-state index in [0.29, 0.717) is 12.3 Å². The largest absolute Gasteiger partial charge is 0.332 e. The third-order valence-corrected chi connectivity index (χ3v) is 4.48. The minimum Gasteiger partial charge on any atom is -0.332 e. The Labute approximate surface area is 135 Å². The van der Waals surface area contributed by atoms with Gasteiger partial charge in [0.05, 0.1) is 5.75 Å². The van der Waals surface area contributed by atoms with Crippen LogP contribution in [0.2, 0.25) is 0 Å². The van der Waals surface area contributed by atoms with Gasteiger partial charge >= 0.3 is 0 Å². The molecule has 2 atom stereocenters. The maximum absolute atomic E-state index is 12.0. The minimum absolute atomic E-state index is 0.0217. The van der Waals surface area contributed by atoms with Crippen LogP contribution in [-0.2, 0) is 9.59 Å². The zero-order valence-corrected chi connectivity index (χ0v) is 14.0. The third-order valence-electron chi connectivity index (χ3n) is 3.46. The third kappa shape index (κ3) is 5.03. The van der Waals surface area contributed by atoms with Gasteiger partial charge in [-0.1, -0.05) is 26.0 Å². The van der Waals surface area contributed by atoms with E-state index in [9.17, 15) is 9.59 Å². The lowest BCUT2D eigenvalue weighted by Gasteiger charge is -2.28. The minimum atomic E-state index is -0.203. The molecular weight excluding hydrogens is 298 g/mol. The Hall–Kier alpha value is -1.53. The number of carbonyl (C=O) groups excluding carboxylic acids is 2. The molecule has 0 bridgehead atoms. The Morgan fingerprint density at radius 1 is 1.36 bits per heavy atom. The molecule has 3 N–H and O–H groups in total. The maximum Gasteiger partial charge on any atom is 0.234 e. The van der Waals surface area contributed by atoms with Gasteiger partial charge in [0.2, 0.25) is 11.8 Å².